The van der Waals surface area contributed by atoms with Crippen molar-refractivity contribution >= 4 is 17.7 Å². The molecule has 0 spiro atoms. The molecule has 16 heavy (non-hydrogen) atoms. The maximum atomic E-state index is 11.8. The number of hydrogen-bond donors (Lipinski definition) is 2. The van der Waals surface area contributed by atoms with Crippen molar-refractivity contribution in [3.63, 3.8) is 0 Å². The number of nitrogens with zero attached hydrogens (tertiary/aromatic N) is 2. The Balaban J connectivity index is 1.63. The molecular weight excluding hydrogens is 224 g/mol. The normalized spacial score (nSPS) is 24.6. The molecule has 2 heterocycles. The average Bonchev–Trinajstić information content (AvgIpc) is 2.82. The minimum Gasteiger partial charge on any atom is -0.346 e. The Kier molecular flexibility index (Phi) is 2.59. The van der Waals surface area contributed by atoms with Crippen molar-refractivity contribution < 1.29 is 4.79 Å². The van der Waals surface area contributed by atoms with E-state index in [4.69, 9.17) is 0 Å². The fourth-order valence-corrected chi connectivity index (χ4v) is 2.97. The maximum Gasteiger partial charge on any atom is 0.291 e. The lowest BCUT2D eigenvalue weighted by Crippen LogP contribution is -2.35. The summed E-state index contributed by atoms with van der Waals surface area (Å²) in [4.78, 5) is 16.0. The number of amides is 1. The van der Waals surface area contributed by atoms with Gasteiger partial charge in [0.15, 0.2) is 0 Å². The summed E-state index contributed by atoms with van der Waals surface area (Å²) < 4.78 is 0. The van der Waals surface area contributed by atoms with Crippen LogP contribution in [0.4, 0.5) is 0 Å². The molecule has 3 rings (SSSR count). The molecule has 86 valence electrons. The molecule has 2 N–H and O–H groups in total. The zero-order valence-corrected chi connectivity index (χ0v) is 9.72. The Morgan fingerprint density at radius 2 is 2.31 bits per heavy atom. The first kappa shape index (κ1) is 10.1. The fraction of sp³-hybridized carbons (Fsp3) is 0.700. The van der Waals surface area contributed by atoms with Crippen molar-refractivity contribution in [1.82, 2.24) is 20.5 Å². The van der Waals surface area contributed by atoms with Crippen LogP contribution in [0.2, 0.25) is 0 Å². The van der Waals surface area contributed by atoms with Crippen molar-refractivity contribution in [1.29, 1.82) is 0 Å². The van der Waals surface area contributed by atoms with Crippen LogP contribution in [0.5, 0.6) is 0 Å². The highest BCUT2D eigenvalue weighted by atomic mass is 32.2. The first-order valence-electron chi connectivity index (χ1n) is 5.64. The standard InChI is InChI=1S/C10H14N4OS/c15-10(11-7-3-4-16-5-7)9-12-8(13-14-9)6-1-2-6/h6-7H,1-5H2,(H,11,15)(H,12,13,14). The Hall–Kier alpha value is -1.04. The van der Waals surface area contributed by atoms with Crippen molar-refractivity contribution in [3.05, 3.63) is 11.6 Å². The van der Waals surface area contributed by atoms with E-state index in [2.05, 4.69) is 20.5 Å². The highest BCUT2D eigenvalue weighted by Gasteiger charge is 2.28. The van der Waals surface area contributed by atoms with Crippen LogP contribution in [-0.2, 0) is 0 Å². The van der Waals surface area contributed by atoms with Gasteiger partial charge >= 0.3 is 0 Å². The molecule has 1 amide bonds. The third-order valence-electron chi connectivity index (χ3n) is 2.93. The van der Waals surface area contributed by atoms with Gasteiger partial charge in [0.1, 0.15) is 5.82 Å². The van der Waals surface area contributed by atoms with Gasteiger partial charge in [-0.15, -0.1) is 5.10 Å². The summed E-state index contributed by atoms with van der Waals surface area (Å²) in [5, 5.41) is 9.77. The van der Waals surface area contributed by atoms with Gasteiger partial charge in [-0.2, -0.15) is 11.8 Å². The van der Waals surface area contributed by atoms with Crippen LogP contribution in [0.25, 0.3) is 0 Å². The van der Waals surface area contributed by atoms with Gasteiger partial charge in [0.05, 0.1) is 0 Å². The van der Waals surface area contributed by atoms with Crippen LogP contribution in [0.15, 0.2) is 0 Å². The van der Waals surface area contributed by atoms with E-state index in [0.29, 0.717) is 17.8 Å². The van der Waals surface area contributed by atoms with E-state index < -0.39 is 0 Å². The Morgan fingerprint density at radius 1 is 1.44 bits per heavy atom. The lowest BCUT2D eigenvalue weighted by Gasteiger charge is -2.08. The van der Waals surface area contributed by atoms with Gasteiger partial charge in [-0.3, -0.25) is 9.89 Å². The van der Waals surface area contributed by atoms with E-state index in [9.17, 15) is 4.79 Å². The van der Waals surface area contributed by atoms with Crippen molar-refractivity contribution in [2.24, 2.45) is 0 Å². The van der Waals surface area contributed by atoms with E-state index in [1.807, 2.05) is 11.8 Å². The molecular formula is C10H14N4OS. The Bertz CT molecular complexity index is 395. The van der Waals surface area contributed by atoms with Crippen LogP contribution in [0.3, 0.4) is 0 Å². The molecule has 0 radical (unpaired) electrons. The summed E-state index contributed by atoms with van der Waals surface area (Å²) >= 11 is 1.88. The predicted octanol–water partition coefficient (Wildman–Crippen LogP) is 0.917. The van der Waals surface area contributed by atoms with Gasteiger partial charge in [-0.05, 0) is 25.0 Å². The molecule has 5 nitrogen and oxygen atoms in total. The first-order valence-corrected chi connectivity index (χ1v) is 6.79. The van der Waals surface area contributed by atoms with E-state index in [0.717, 1.165) is 36.6 Å². The summed E-state index contributed by atoms with van der Waals surface area (Å²) in [7, 11) is 0. The van der Waals surface area contributed by atoms with Gasteiger partial charge in [0, 0.05) is 17.7 Å². The third-order valence-corrected chi connectivity index (χ3v) is 4.10. The number of H-pyrrole nitrogens is 1. The number of hydrogen-bond acceptors (Lipinski definition) is 4. The van der Waals surface area contributed by atoms with Crippen LogP contribution in [-0.4, -0.2) is 38.6 Å². The zero-order chi connectivity index (χ0) is 11.0. The van der Waals surface area contributed by atoms with Gasteiger partial charge in [-0.25, -0.2) is 4.98 Å². The number of aromatic amines is 1. The van der Waals surface area contributed by atoms with Crippen LogP contribution in [0, 0.1) is 0 Å². The number of carbonyl (C=O) groups excluding carboxylic acids is 1. The van der Waals surface area contributed by atoms with Gasteiger partial charge in [-0.1, -0.05) is 0 Å². The van der Waals surface area contributed by atoms with Crippen molar-refractivity contribution in [2.45, 2.75) is 31.2 Å². The molecule has 2 aliphatic rings. The topological polar surface area (TPSA) is 70.7 Å². The van der Waals surface area contributed by atoms with Crippen LogP contribution < -0.4 is 5.32 Å². The number of carbonyl (C=O) groups is 1. The molecule has 1 aliphatic carbocycles. The summed E-state index contributed by atoms with van der Waals surface area (Å²) in [6.45, 7) is 0. The summed E-state index contributed by atoms with van der Waals surface area (Å²) in [6, 6.07) is 0.292. The van der Waals surface area contributed by atoms with E-state index >= 15 is 0 Å². The van der Waals surface area contributed by atoms with E-state index in [1.54, 1.807) is 0 Å². The molecule has 6 heteroatoms. The zero-order valence-electron chi connectivity index (χ0n) is 8.90. The maximum absolute atomic E-state index is 11.8. The molecule has 1 aromatic heterocycles. The van der Waals surface area contributed by atoms with Crippen LogP contribution in [0.1, 0.15) is 41.6 Å². The number of thioether (sulfide) groups is 1. The Labute approximate surface area is 97.8 Å². The second kappa shape index (κ2) is 4.08. The van der Waals surface area contributed by atoms with Crippen molar-refractivity contribution in [3.8, 4) is 0 Å². The Morgan fingerprint density at radius 3 is 3.00 bits per heavy atom. The minimum atomic E-state index is -0.143. The molecule has 1 saturated carbocycles. The summed E-state index contributed by atoms with van der Waals surface area (Å²) in [5.74, 6) is 3.66. The highest BCUT2D eigenvalue weighted by Crippen LogP contribution is 2.37. The third kappa shape index (κ3) is 2.07. The number of aromatic nitrogens is 3. The molecule has 2 fully saturated rings. The largest absolute Gasteiger partial charge is 0.346 e. The summed E-state index contributed by atoms with van der Waals surface area (Å²) in [5.41, 5.74) is 0. The number of nitrogens with one attached hydrogen (secondary N) is 2. The quantitative estimate of drug-likeness (QED) is 0.821. The minimum absolute atomic E-state index is 0.143. The highest BCUT2D eigenvalue weighted by molar-refractivity contribution is 7.99. The lowest BCUT2D eigenvalue weighted by molar-refractivity contribution is 0.0931. The van der Waals surface area contributed by atoms with Crippen LogP contribution >= 0.6 is 11.8 Å². The van der Waals surface area contributed by atoms with Crippen molar-refractivity contribution in [2.75, 3.05) is 11.5 Å². The van der Waals surface area contributed by atoms with Gasteiger partial charge in [0.25, 0.3) is 5.91 Å². The molecule has 1 aliphatic heterocycles. The molecule has 0 bridgehead atoms. The summed E-state index contributed by atoms with van der Waals surface area (Å²) in [6.07, 6.45) is 3.38. The average molecular weight is 238 g/mol. The predicted molar refractivity (Wildman–Crippen MR) is 61.6 cm³/mol. The van der Waals surface area contributed by atoms with Gasteiger partial charge in [0.2, 0.25) is 5.82 Å². The van der Waals surface area contributed by atoms with E-state index in [1.165, 1.54) is 0 Å². The first-order chi connectivity index (χ1) is 7.83. The molecule has 1 aromatic rings. The molecule has 1 atom stereocenters. The second-order valence-corrected chi connectivity index (χ2v) is 5.50. The van der Waals surface area contributed by atoms with Gasteiger partial charge < -0.3 is 5.32 Å². The molecule has 0 aromatic carbocycles. The number of rotatable bonds is 3. The SMILES string of the molecule is O=C(NC1CCSC1)c1n[nH]c(C2CC2)n1. The van der Waals surface area contributed by atoms with E-state index in [-0.39, 0.29) is 5.91 Å². The monoisotopic (exact) mass is 238 g/mol. The smallest absolute Gasteiger partial charge is 0.291 e. The molecule has 1 saturated heterocycles. The molecule has 1 unspecified atom stereocenters. The lowest BCUT2D eigenvalue weighted by atomic mass is 10.2. The second-order valence-electron chi connectivity index (χ2n) is 4.35. The fourth-order valence-electron chi connectivity index (χ4n) is 1.81.